The molecule has 0 spiro atoms. The van der Waals surface area contributed by atoms with Crippen molar-refractivity contribution in [2.24, 2.45) is 5.73 Å². The molecule has 1 heterocycles. The molecule has 2 rings (SSSR count). The number of benzene rings is 1. The normalized spacial score (nSPS) is 10.6. The van der Waals surface area contributed by atoms with Gasteiger partial charge in [0.15, 0.2) is 18.2 Å². The first-order valence-corrected chi connectivity index (χ1v) is 5.23. The smallest absolute Gasteiger partial charge is 0.212 e. The fraction of sp³-hybridized carbons (Fsp3) is 0.300. The zero-order chi connectivity index (χ0) is 13.0. The monoisotopic (exact) mass is 255 g/mol. The molecule has 0 radical (unpaired) electrons. The maximum absolute atomic E-state index is 13.2. The van der Waals surface area contributed by atoms with Crippen molar-refractivity contribution in [1.82, 2.24) is 20.2 Å². The van der Waals surface area contributed by atoms with E-state index in [0.29, 0.717) is 18.9 Å². The first kappa shape index (κ1) is 12.4. The fourth-order valence-electron chi connectivity index (χ4n) is 1.28. The van der Waals surface area contributed by atoms with Gasteiger partial charge in [-0.15, -0.1) is 10.2 Å². The van der Waals surface area contributed by atoms with Crippen LogP contribution in [0.25, 0.3) is 0 Å². The number of hydrogen-bond donors (Lipinski definition) is 1. The predicted octanol–water partition coefficient (Wildman–Crippen LogP) is 0.489. The van der Waals surface area contributed by atoms with Crippen molar-refractivity contribution in [3.8, 4) is 5.75 Å². The molecule has 0 aliphatic rings. The van der Waals surface area contributed by atoms with Crippen LogP contribution < -0.4 is 10.5 Å². The lowest BCUT2D eigenvalue weighted by Crippen LogP contribution is -2.12. The molecular weight excluding hydrogens is 244 g/mol. The number of nitrogens with zero attached hydrogens (tertiary/aromatic N) is 4. The molecule has 0 fully saturated rings. The highest BCUT2D eigenvalue weighted by Gasteiger charge is 2.07. The minimum absolute atomic E-state index is 0.0485. The first-order valence-electron chi connectivity index (χ1n) is 5.23. The minimum atomic E-state index is -0.774. The van der Waals surface area contributed by atoms with Crippen LogP contribution in [0, 0.1) is 11.6 Å². The molecule has 0 saturated heterocycles. The Morgan fingerprint density at radius 3 is 2.89 bits per heavy atom. The van der Waals surface area contributed by atoms with Crippen molar-refractivity contribution < 1.29 is 13.5 Å². The molecule has 18 heavy (non-hydrogen) atoms. The van der Waals surface area contributed by atoms with Crippen molar-refractivity contribution in [2.75, 3.05) is 6.54 Å². The first-order chi connectivity index (χ1) is 8.69. The molecule has 2 aromatic rings. The number of nitrogens with two attached hydrogens (primary N) is 1. The largest absolute Gasteiger partial charge is 0.482 e. The van der Waals surface area contributed by atoms with Gasteiger partial charge in [-0.05, 0) is 17.3 Å². The van der Waals surface area contributed by atoms with E-state index in [0.717, 1.165) is 12.1 Å². The average molecular weight is 255 g/mol. The Kier molecular flexibility index (Phi) is 3.78. The Labute approximate surface area is 101 Å². The van der Waals surface area contributed by atoms with Crippen LogP contribution in [0.15, 0.2) is 18.2 Å². The van der Waals surface area contributed by atoms with Crippen LogP contribution in [0.1, 0.15) is 5.82 Å². The van der Waals surface area contributed by atoms with Gasteiger partial charge in [0.25, 0.3) is 0 Å². The molecular formula is C10H11F2N5O. The summed E-state index contributed by atoms with van der Waals surface area (Å²) >= 11 is 0. The van der Waals surface area contributed by atoms with Crippen molar-refractivity contribution >= 4 is 0 Å². The summed E-state index contributed by atoms with van der Waals surface area (Å²) in [5.74, 6) is -1.20. The van der Waals surface area contributed by atoms with Crippen molar-refractivity contribution in [2.45, 2.75) is 13.2 Å². The van der Waals surface area contributed by atoms with E-state index in [2.05, 4.69) is 15.4 Å². The van der Waals surface area contributed by atoms with Gasteiger partial charge in [0.1, 0.15) is 5.82 Å². The third-order valence-electron chi connectivity index (χ3n) is 2.07. The van der Waals surface area contributed by atoms with Crippen LogP contribution in [0.5, 0.6) is 5.75 Å². The Hall–Kier alpha value is -2.09. The van der Waals surface area contributed by atoms with Gasteiger partial charge in [-0.3, -0.25) is 0 Å². The van der Waals surface area contributed by atoms with Crippen LogP contribution in [0.3, 0.4) is 0 Å². The highest BCUT2D eigenvalue weighted by Crippen LogP contribution is 2.18. The van der Waals surface area contributed by atoms with Crippen LogP contribution in [-0.4, -0.2) is 26.8 Å². The third-order valence-corrected chi connectivity index (χ3v) is 2.07. The second-order valence-corrected chi connectivity index (χ2v) is 3.45. The van der Waals surface area contributed by atoms with Gasteiger partial charge >= 0.3 is 0 Å². The molecule has 6 nitrogen and oxygen atoms in total. The lowest BCUT2D eigenvalue weighted by Gasteiger charge is -2.04. The number of ether oxygens (including phenoxy) is 1. The van der Waals surface area contributed by atoms with Gasteiger partial charge in [-0.1, -0.05) is 0 Å². The molecule has 0 atom stereocenters. The van der Waals surface area contributed by atoms with E-state index >= 15 is 0 Å². The zero-order valence-corrected chi connectivity index (χ0v) is 9.38. The SMILES string of the molecule is NCCn1nnc(COc2ccc(F)cc2F)n1. The lowest BCUT2D eigenvalue weighted by molar-refractivity contribution is 0.279. The van der Waals surface area contributed by atoms with Crippen molar-refractivity contribution in [1.29, 1.82) is 0 Å². The van der Waals surface area contributed by atoms with Gasteiger partial charge in [-0.25, -0.2) is 8.78 Å². The molecule has 0 bridgehead atoms. The van der Waals surface area contributed by atoms with E-state index in [4.69, 9.17) is 10.5 Å². The number of halogens is 2. The number of rotatable bonds is 5. The average Bonchev–Trinajstić information content (AvgIpc) is 2.76. The Bertz CT molecular complexity index is 531. The highest BCUT2D eigenvalue weighted by molar-refractivity contribution is 5.24. The van der Waals surface area contributed by atoms with E-state index in [9.17, 15) is 8.78 Å². The summed E-state index contributed by atoms with van der Waals surface area (Å²) < 4.78 is 31.0. The summed E-state index contributed by atoms with van der Waals surface area (Å²) in [5, 5.41) is 11.4. The van der Waals surface area contributed by atoms with Gasteiger partial charge in [0.05, 0.1) is 6.54 Å². The van der Waals surface area contributed by atoms with Crippen LogP contribution in [0.2, 0.25) is 0 Å². The number of aromatic nitrogens is 4. The van der Waals surface area contributed by atoms with Gasteiger partial charge < -0.3 is 10.5 Å². The fourth-order valence-corrected chi connectivity index (χ4v) is 1.28. The molecule has 0 amide bonds. The quantitative estimate of drug-likeness (QED) is 0.841. The van der Waals surface area contributed by atoms with E-state index in [1.165, 1.54) is 10.9 Å². The molecule has 0 aliphatic heterocycles. The Morgan fingerprint density at radius 1 is 1.33 bits per heavy atom. The summed E-state index contributed by atoms with van der Waals surface area (Å²) in [4.78, 5) is 1.32. The second-order valence-electron chi connectivity index (χ2n) is 3.45. The third kappa shape index (κ3) is 2.98. The van der Waals surface area contributed by atoms with Gasteiger partial charge in [-0.2, -0.15) is 4.80 Å². The molecule has 2 N–H and O–H groups in total. The standard InChI is InChI=1S/C10H11F2N5O/c11-7-1-2-9(8(12)5-7)18-6-10-14-16-17(15-10)4-3-13/h1-2,5H,3-4,6,13H2. The van der Waals surface area contributed by atoms with E-state index in [1.54, 1.807) is 0 Å². The maximum Gasteiger partial charge on any atom is 0.212 e. The number of tetrazole rings is 1. The summed E-state index contributed by atoms with van der Waals surface area (Å²) in [6.45, 7) is 0.786. The summed E-state index contributed by atoms with van der Waals surface area (Å²) in [7, 11) is 0. The van der Waals surface area contributed by atoms with Crippen LogP contribution in [0.4, 0.5) is 8.78 Å². The number of hydrogen-bond acceptors (Lipinski definition) is 5. The van der Waals surface area contributed by atoms with E-state index in [-0.39, 0.29) is 12.4 Å². The Balaban J connectivity index is 1.97. The zero-order valence-electron chi connectivity index (χ0n) is 9.38. The van der Waals surface area contributed by atoms with E-state index in [1.807, 2.05) is 0 Å². The van der Waals surface area contributed by atoms with Gasteiger partial charge in [0, 0.05) is 12.6 Å². The maximum atomic E-state index is 13.2. The molecule has 96 valence electrons. The van der Waals surface area contributed by atoms with E-state index < -0.39 is 11.6 Å². The Morgan fingerprint density at radius 2 is 2.17 bits per heavy atom. The minimum Gasteiger partial charge on any atom is -0.482 e. The molecule has 1 aromatic heterocycles. The van der Waals surface area contributed by atoms with Gasteiger partial charge in [0.2, 0.25) is 5.82 Å². The molecule has 0 unspecified atom stereocenters. The predicted molar refractivity (Wildman–Crippen MR) is 57.6 cm³/mol. The molecule has 1 aromatic carbocycles. The van der Waals surface area contributed by atoms with Crippen LogP contribution >= 0.6 is 0 Å². The van der Waals surface area contributed by atoms with Crippen molar-refractivity contribution in [3.05, 3.63) is 35.7 Å². The summed E-state index contributed by atoms with van der Waals surface area (Å²) in [5.41, 5.74) is 5.32. The molecule has 8 heteroatoms. The second kappa shape index (κ2) is 5.50. The lowest BCUT2D eigenvalue weighted by atomic mass is 10.3. The van der Waals surface area contributed by atoms with Crippen molar-refractivity contribution in [3.63, 3.8) is 0 Å². The van der Waals surface area contributed by atoms with Crippen LogP contribution in [-0.2, 0) is 13.2 Å². The topological polar surface area (TPSA) is 78.9 Å². The highest BCUT2D eigenvalue weighted by atomic mass is 19.1. The summed E-state index contributed by atoms with van der Waals surface area (Å²) in [6, 6.07) is 3.06. The molecule has 0 saturated carbocycles. The molecule has 0 aliphatic carbocycles. The summed E-state index contributed by atoms with van der Waals surface area (Å²) in [6.07, 6.45) is 0.